The van der Waals surface area contributed by atoms with E-state index >= 15 is 0 Å². The van der Waals surface area contributed by atoms with Crippen molar-refractivity contribution in [3.63, 3.8) is 0 Å². The molecule has 3 N–H and O–H groups in total. The molecule has 0 spiro atoms. The number of nitrogens with zero attached hydrogens (tertiary/aromatic N) is 1. The Morgan fingerprint density at radius 2 is 2.50 bits per heavy atom. The van der Waals surface area contributed by atoms with Crippen LogP contribution in [-0.4, -0.2) is 15.9 Å². The molecule has 1 rings (SSSR count). The summed E-state index contributed by atoms with van der Waals surface area (Å²) < 4.78 is 1.75. The maximum Gasteiger partial charge on any atom is 0.119 e. The van der Waals surface area contributed by atoms with Crippen molar-refractivity contribution in [3.8, 4) is 0 Å². The Labute approximate surface area is 73.9 Å². The van der Waals surface area contributed by atoms with Gasteiger partial charge in [0, 0.05) is 22.4 Å². The fraction of sp³-hybridized carbons (Fsp3) is 1.00. The molecule has 0 aromatic rings. The first-order chi connectivity index (χ1) is 3.29. The molecule has 1 radical (unpaired) electrons. The largest absolute Gasteiger partial charge is 0.306 e. The standard InChI is InChI=1S/C2H7N3S2.Ag/c3-2-4-1-5(6)7-2;/h2,4,6H,1,3H2;. The molecule has 1 aliphatic rings. The van der Waals surface area contributed by atoms with Gasteiger partial charge < -0.3 is 5.73 Å². The van der Waals surface area contributed by atoms with Crippen molar-refractivity contribution < 1.29 is 22.4 Å². The van der Waals surface area contributed by atoms with E-state index in [1.807, 2.05) is 0 Å². The molecule has 0 amide bonds. The summed E-state index contributed by atoms with van der Waals surface area (Å²) in [7, 11) is 0. The molecule has 1 fully saturated rings. The van der Waals surface area contributed by atoms with Crippen molar-refractivity contribution in [3.05, 3.63) is 0 Å². The SMILES string of the molecule is NC1NCN(S)S1.[Ag]. The second-order valence-electron chi connectivity index (χ2n) is 1.24. The molecule has 6 heteroatoms. The summed E-state index contributed by atoms with van der Waals surface area (Å²) in [5.74, 6) is 0. The Hall–Kier alpha value is 1.32. The topological polar surface area (TPSA) is 41.3 Å². The minimum atomic E-state index is 0. The van der Waals surface area contributed by atoms with Gasteiger partial charge >= 0.3 is 0 Å². The molecule has 3 nitrogen and oxygen atoms in total. The first-order valence-corrected chi connectivity index (χ1v) is 3.15. The van der Waals surface area contributed by atoms with Crippen molar-refractivity contribution in [1.82, 2.24) is 9.03 Å². The molecule has 1 unspecified atom stereocenters. The molecular weight excluding hydrogens is 238 g/mol. The summed E-state index contributed by atoms with van der Waals surface area (Å²) in [5, 5.41) is 2.96. The van der Waals surface area contributed by atoms with Gasteiger partial charge in [-0.2, -0.15) is 3.71 Å². The second kappa shape index (κ2) is 4.19. The Bertz CT molecular complexity index is 64.3. The normalized spacial score (nSPS) is 30.0. The number of hydrogen-bond donors (Lipinski definition) is 3. The second-order valence-corrected chi connectivity index (χ2v) is 3.15. The predicted octanol–water partition coefficient (Wildman–Crippen LogP) is -0.418. The quantitative estimate of drug-likeness (QED) is 0.308. The molecule has 0 saturated carbocycles. The van der Waals surface area contributed by atoms with Gasteiger partial charge in [0.25, 0.3) is 0 Å². The minimum Gasteiger partial charge on any atom is -0.306 e. The number of rotatable bonds is 0. The van der Waals surface area contributed by atoms with Crippen LogP contribution in [0.15, 0.2) is 0 Å². The van der Waals surface area contributed by atoms with Gasteiger partial charge in [-0.15, -0.1) is 0 Å². The third-order valence-electron chi connectivity index (χ3n) is 0.663. The molecule has 0 aromatic carbocycles. The Morgan fingerprint density at radius 1 is 1.88 bits per heavy atom. The molecule has 1 saturated heterocycles. The Kier molecular flexibility index (Phi) is 4.88. The molecule has 0 aliphatic carbocycles. The third kappa shape index (κ3) is 2.75. The average Bonchev–Trinajstić information content (AvgIpc) is 1.87. The summed E-state index contributed by atoms with van der Waals surface area (Å²) >= 11 is 5.49. The van der Waals surface area contributed by atoms with E-state index in [4.69, 9.17) is 5.73 Å². The number of nitrogens with two attached hydrogens (primary N) is 1. The van der Waals surface area contributed by atoms with Crippen molar-refractivity contribution in [2.45, 2.75) is 5.50 Å². The van der Waals surface area contributed by atoms with Crippen molar-refractivity contribution in [2.24, 2.45) is 5.73 Å². The van der Waals surface area contributed by atoms with Gasteiger partial charge in [-0.1, -0.05) is 12.8 Å². The van der Waals surface area contributed by atoms with E-state index in [1.54, 1.807) is 3.71 Å². The maximum atomic E-state index is 5.39. The van der Waals surface area contributed by atoms with Crippen LogP contribution in [0.5, 0.6) is 0 Å². The van der Waals surface area contributed by atoms with E-state index in [0.29, 0.717) is 0 Å². The summed E-state index contributed by atoms with van der Waals surface area (Å²) in [5.41, 5.74) is 5.43. The summed E-state index contributed by atoms with van der Waals surface area (Å²) in [6, 6.07) is 0. The van der Waals surface area contributed by atoms with Gasteiger partial charge in [-0.05, 0) is 11.9 Å². The van der Waals surface area contributed by atoms with Crippen LogP contribution in [0.3, 0.4) is 0 Å². The first-order valence-electron chi connectivity index (χ1n) is 1.91. The van der Waals surface area contributed by atoms with Crippen LogP contribution in [0.25, 0.3) is 0 Å². The molecule has 1 atom stereocenters. The molecule has 1 aliphatic heterocycles. The zero-order valence-corrected chi connectivity index (χ0v) is 7.16. The van der Waals surface area contributed by atoms with E-state index < -0.39 is 0 Å². The van der Waals surface area contributed by atoms with Crippen LogP contribution in [0.1, 0.15) is 0 Å². The van der Waals surface area contributed by atoms with E-state index in [-0.39, 0.29) is 27.9 Å². The van der Waals surface area contributed by atoms with Gasteiger partial charge in [0.05, 0.1) is 6.67 Å². The maximum absolute atomic E-state index is 5.39. The van der Waals surface area contributed by atoms with Gasteiger partial charge in [0.1, 0.15) is 5.50 Å². The van der Waals surface area contributed by atoms with E-state index in [2.05, 4.69) is 18.1 Å². The first kappa shape index (κ1) is 9.32. The molecule has 53 valence electrons. The molecule has 0 aromatic heterocycles. The summed E-state index contributed by atoms with van der Waals surface area (Å²) in [6.45, 7) is 0.759. The van der Waals surface area contributed by atoms with Gasteiger partial charge in [0.2, 0.25) is 0 Å². The zero-order chi connectivity index (χ0) is 5.28. The van der Waals surface area contributed by atoms with Crippen LogP contribution in [0.2, 0.25) is 0 Å². The fourth-order valence-electron chi connectivity index (χ4n) is 0.374. The number of thiol groups is 1. The minimum absolute atomic E-state index is 0. The number of nitrogens with one attached hydrogen (secondary N) is 1. The molecule has 0 bridgehead atoms. The summed E-state index contributed by atoms with van der Waals surface area (Å²) in [6.07, 6.45) is 0. The van der Waals surface area contributed by atoms with Crippen molar-refractivity contribution in [1.29, 1.82) is 0 Å². The van der Waals surface area contributed by atoms with Crippen molar-refractivity contribution >= 4 is 24.8 Å². The van der Waals surface area contributed by atoms with Crippen molar-refractivity contribution in [2.75, 3.05) is 6.67 Å². The molecule has 1 heterocycles. The van der Waals surface area contributed by atoms with Crippen LogP contribution in [-0.2, 0) is 22.4 Å². The Morgan fingerprint density at radius 3 is 2.62 bits per heavy atom. The van der Waals surface area contributed by atoms with Gasteiger partial charge in [-0.25, -0.2) is 0 Å². The van der Waals surface area contributed by atoms with Gasteiger partial charge in [-0.3, -0.25) is 5.32 Å². The summed E-state index contributed by atoms with van der Waals surface area (Å²) in [4.78, 5) is 0. The molecular formula is C2H7AgN3S2. The van der Waals surface area contributed by atoms with Crippen LogP contribution < -0.4 is 11.1 Å². The predicted molar refractivity (Wildman–Crippen MR) is 34.4 cm³/mol. The molecule has 8 heavy (non-hydrogen) atoms. The zero-order valence-electron chi connectivity index (χ0n) is 3.97. The van der Waals surface area contributed by atoms with Crippen LogP contribution >= 0.6 is 24.8 Å². The van der Waals surface area contributed by atoms with E-state index in [0.717, 1.165) is 6.67 Å². The van der Waals surface area contributed by atoms with E-state index in [1.165, 1.54) is 11.9 Å². The van der Waals surface area contributed by atoms with Crippen LogP contribution in [0, 0.1) is 0 Å². The van der Waals surface area contributed by atoms with Crippen LogP contribution in [0.4, 0.5) is 0 Å². The van der Waals surface area contributed by atoms with E-state index in [9.17, 15) is 0 Å². The smallest absolute Gasteiger partial charge is 0.119 e. The number of hydrogen-bond acceptors (Lipinski definition) is 5. The van der Waals surface area contributed by atoms with Gasteiger partial charge in [0.15, 0.2) is 0 Å². The monoisotopic (exact) mass is 244 g/mol. The third-order valence-corrected chi connectivity index (χ3v) is 1.85. The fourth-order valence-corrected chi connectivity index (χ4v) is 1.32. The average molecular weight is 245 g/mol. The Balaban J connectivity index is 0.000000490.